The van der Waals surface area contributed by atoms with Gasteiger partial charge < -0.3 is 15.3 Å². The predicted octanol–water partition coefficient (Wildman–Crippen LogP) is 4.94. The lowest BCUT2D eigenvalue weighted by molar-refractivity contribution is -0.145. The van der Waals surface area contributed by atoms with Crippen molar-refractivity contribution in [3.05, 3.63) is 69.5 Å². The average Bonchev–Trinajstić information content (AvgIpc) is 3.17. The molecular weight excluding hydrogens is 492 g/mol. The molecular formula is C20H15Cl2F3N2O6. The van der Waals surface area contributed by atoms with Gasteiger partial charge in [-0.25, -0.2) is 14.3 Å². The first-order valence-corrected chi connectivity index (χ1v) is 9.62. The van der Waals surface area contributed by atoms with Gasteiger partial charge in [-0.05, 0) is 31.5 Å². The first-order chi connectivity index (χ1) is 15.2. The highest BCUT2D eigenvalue weighted by atomic mass is 35.5. The van der Waals surface area contributed by atoms with Crippen LogP contribution in [0.2, 0.25) is 10.0 Å². The number of aliphatic carboxylic acids is 2. The fourth-order valence-electron chi connectivity index (χ4n) is 2.76. The highest BCUT2D eigenvalue weighted by molar-refractivity contribution is 6.38. The highest BCUT2D eigenvalue weighted by Gasteiger charge is 2.34. The molecule has 33 heavy (non-hydrogen) atoms. The van der Waals surface area contributed by atoms with E-state index in [0.29, 0.717) is 12.1 Å². The van der Waals surface area contributed by atoms with Crippen molar-refractivity contribution < 1.29 is 42.9 Å². The quantitative estimate of drug-likeness (QED) is 0.534. The van der Waals surface area contributed by atoms with Crippen molar-refractivity contribution in [1.29, 1.82) is 0 Å². The van der Waals surface area contributed by atoms with E-state index < -0.39 is 35.1 Å². The second-order valence-corrected chi connectivity index (χ2v) is 7.79. The maximum absolute atomic E-state index is 12.6. The Morgan fingerprint density at radius 3 is 2.12 bits per heavy atom. The van der Waals surface area contributed by atoms with Gasteiger partial charge >= 0.3 is 24.1 Å². The molecule has 0 saturated carbocycles. The summed E-state index contributed by atoms with van der Waals surface area (Å²) in [6.45, 7) is 1.50. The monoisotopic (exact) mass is 506 g/mol. The van der Waals surface area contributed by atoms with Crippen molar-refractivity contribution >= 4 is 41.1 Å². The summed E-state index contributed by atoms with van der Waals surface area (Å²) >= 11 is 11.5. The molecule has 1 aromatic carbocycles. The summed E-state index contributed by atoms with van der Waals surface area (Å²) in [6.07, 6.45) is 1.00. The molecule has 0 spiro atoms. The molecule has 1 unspecified atom stereocenters. The van der Waals surface area contributed by atoms with Gasteiger partial charge in [-0.3, -0.25) is 4.79 Å². The van der Waals surface area contributed by atoms with Crippen LogP contribution in [0.3, 0.4) is 0 Å². The Balaban J connectivity index is 0.000000257. The van der Waals surface area contributed by atoms with Crippen LogP contribution in [0, 0.1) is 5.41 Å². The average molecular weight is 507 g/mol. The molecule has 2 aromatic rings. The van der Waals surface area contributed by atoms with Crippen LogP contribution in [0.1, 0.15) is 29.4 Å². The molecule has 0 amide bonds. The fraction of sp³-hybridized carbons (Fsp3) is 0.200. The molecule has 0 aliphatic heterocycles. The van der Waals surface area contributed by atoms with Crippen molar-refractivity contribution in [3.63, 3.8) is 0 Å². The van der Waals surface area contributed by atoms with Crippen molar-refractivity contribution in [2.45, 2.75) is 19.5 Å². The zero-order valence-electron chi connectivity index (χ0n) is 16.6. The third-order valence-corrected chi connectivity index (χ3v) is 5.08. The molecule has 1 aliphatic rings. The SMILES string of the molecule is CC1(C(=O)O)C=CC=C(C(=O)O)C1.O=C(O)c1ccnn1-c1c(Cl)cc(C(F)(F)F)cc1Cl. The molecule has 1 heterocycles. The molecule has 0 fully saturated rings. The first kappa shape index (κ1) is 25.9. The standard InChI is InChI=1S/C11H5Cl2F3N2O2.C9H10O4/c12-6-3-5(11(14,15)16)4-7(13)9(6)18-8(10(19)20)1-2-17-18;1-9(8(12)13)4-2-3-6(5-9)7(10)11/h1-4H,(H,19,20);2-4H,5H2,1H3,(H,10,11)(H,12,13). The van der Waals surface area contributed by atoms with Gasteiger partial charge in [0, 0.05) is 5.57 Å². The minimum atomic E-state index is -4.61. The van der Waals surface area contributed by atoms with E-state index in [-0.39, 0.29) is 33.4 Å². The zero-order valence-corrected chi connectivity index (χ0v) is 18.1. The molecule has 0 saturated heterocycles. The number of carbonyl (C=O) groups is 3. The fourth-order valence-corrected chi connectivity index (χ4v) is 3.41. The Hall–Kier alpha value is -3.31. The maximum atomic E-state index is 12.6. The van der Waals surface area contributed by atoms with Crippen LogP contribution < -0.4 is 0 Å². The van der Waals surface area contributed by atoms with Gasteiger partial charge in [0.05, 0.1) is 27.2 Å². The van der Waals surface area contributed by atoms with E-state index in [9.17, 15) is 27.6 Å². The Morgan fingerprint density at radius 1 is 1.09 bits per heavy atom. The number of benzene rings is 1. The van der Waals surface area contributed by atoms with Gasteiger partial charge in [-0.1, -0.05) is 41.4 Å². The topological polar surface area (TPSA) is 130 Å². The number of rotatable bonds is 4. The van der Waals surface area contributed by atoms with Crippen LogP contribution in [-0.2, 0) is 15.8 Å². The van der Waals surface area contributed by atoms with E-state index in [2.05, 4.69) is 5.10 Å². The Morgan fingerprint density at radius 2 is 1.67 bits per heavy atom. The second-order valence-electron chi connectivity index (χ2n) is 6.98. The Labute approximate surface area is 194 Å². The second kappa shape index (κ2) is 9.67. The summed E-state index contributed by atoms with van der Waals surface area (Å²) in [4.78, 5) is 32.3. The van der Waals surface area contributed by atoms with Crippen molar-refractivity contribution in [1.82, 2.24) is 9.78 Å². The molecule has 8 nitrogen and oxygen atoms in total. The number of carboxylic acid groups (broad SMARTS) is 3. The summed E-state index contributed by atoms with van der Waals surface area (Å²) < 4.78 is 38.7. The van der Waals surface area contributed by atoms with Gasteiger partial charge in [0.1, 0.15) is 5.69 Å². The number of hydrogen-bond donors (Lipinski definition) is 3. The molecule has 3 N–H and O–H groups in total. The van der Waals surface area contributed by atoms with Crippen molar-refractivity contribution in [2.75, 3.05) is 0 Å². The van der Waals surface area contributed by atoms with Gasteiger partial charge in [0.25, 0.3) is 0 Å². The first-order valence-electron chi connectivity index (χ1n) is 8.86. The Bertz CT molecular complexity index is 1150. The lowest BCUT2D eigenvalue weighted by atomic mass is 9.80. The highest BCUT2D eigenvalue weighted by Crippen LogP contribution is 2.37. The summed E-state index contributed by atoms with van der Waals surface area (Å²) in [6, 6.07) is 2.50. The molecule has 1 atom stereocenters. The number of nitrogens with zero attached hydrogens (tertiary/aromatic N) is 2. The van der Waals surface area contributed by atoms with Crippen LogP contribution in [0.25, 0.3) is 5.69 Å². The van der Waals surface area contributed by atoms with Crippen LogP contribution in [0.4, 0.5) is 13.2 Å². The van der Waals surface area contributed by atoms with E-state index >= 15 is 0 Å². The molecule has 13 heteroatoms. The number of allylic oxidation sites excluding steroid dienone is 2. The van der Waals surface area contributed by atoms with Gasteiger partial charge in [0.2, 0.25) is 0 Å². The van der Waals surface area contributed by atoms with Gasteiger partial charge in [-0.2, -0.15) is 18.3 Å². The van der Waals surface area contributed by atoms with Gasteiger partial charge in [0.15, 0.2) is 5.69 Å². The Kier molecular flexibility index (Phi) is 7.60. The molecule has 0 radical (unpaired) electrons. The minimum absolute atomic E-state index is 0.0359. The van der Waals surface area contributed by atoms with E-state index in [1.807, 2.05) is 0 Å². The summed E-state index contributed by atoms with van der Waals surface area (Å²) in [5, 5.41) is 29.4. The number of carboxylic acids is 3. The van der Waals surface area contributed by atoms with E-state index in [0.717, 1.165) is 4.68 Å². The number of aromatic nitrogens is 2. The molecule has 0 bridgehead atoms. The van der Waals surface area contributed by atoms with E-state index in [4.69, 9.17) is 38.5 Å². The maximum Gasteiger partial charge on any atom is 0.416 e. The third-order valence-electron chi connectivity index (χ3n) is 4.50. The number of halogens is 5. The lowest BCUT2D eigenvalue weighted by Gasteiger charge is -2.23. The zero-order chi connectivity index (χ0) is 25.1. The number of hydrogen-bond acceptors (Lipinski definition) is 4. The van der Waals surface area contributed by atoms with Crippen LogP contribution in [0.5, 0.6) is 0 Å². The largest absolute Gasteiger partial charge is 0.481 e. The van der Waals surface area contributed by atoms with Crippen molar-refractivity contribution in [2.24, 2.45) is 5.41 Å². The summed E-state index contributed by atoms with van der Waals surface area (Å²) in [5.74, 6) is -3.37. The van der Waals surface area contributed by atoms with Crippen LogP contribution >= 0.6 is 23.2 Å². The van der Waals surface area contributed by atoms with E-state index in [1.54, 1.807) is 0 Å². The predicted molar refractivity (Wildman–Crippen MR) is 111 cm³/mol. The van der Waals surface area contributed by atoms with Crippen LogP contribution in [0.15, 0.2) is 48.2 Å². The lowest BCUT2D eigenvalue weighted by Crippen LogP contribution is -2.28. The summed E-state index contributed by atoms with van der Waals surface area (Å²) in [7, 11) is 0. The molecule has 176 valence electrons. The van der Waals surface area contributed by atoms with Crippen LogP contribution in [-0.4, -0.2) is 43.0 Å². The minimum Gasteiger partial charge on any atom is -0.481 e. The summed E-state index contributed by atoms with van der Waals surface area (Å²) in [5.41, 5.74) is -2.37. The van der Waals surface area contributed by atoms with Crippen molar-refractivity contribution in [3.8, 4) is 5.69 Å². The third kappa shape index (κ3) is 5.93. The molecule has 1 aliphatic carbocycles. The van der Waals surface area contributed by atoms with Gasteiger partial charge in [-0.15, -0.1) is 0 Å². The number of alkyl halides is 3. The number of aromatic carboxylic acids is 1. The normalized spacial score (nSPS) is 17.6. The smallest absolute Gasteiger partial charge is 0.416 e. The van der Waals surface area contributed by atoms with E-state index in [1.165, 1.54) is 37.4 Å². The molecule has 1 aromatic heterocycles. The molecule has 3 rings (SSSR count).